The van der Waals surface area contributed by atoms with Crippen molar-refractivity contribution in [3.8, 4) is 0 Å². The maximum Gasteiger partial charge on any atom is 0.189 e. The van der Waals surface area contributed by atoms with E-state index >= 15 is 0 Å². The van der Waals surface area contributed by atoms with Gasteiger partial charge in [0.15, 0.2) is 5.12 Å². The van der Waals surface area contributed by atoms with Gasteiger partial charge in [-0.05, 0) is 6.26 Å². The van der Waals surface area contributed by atoms with Gasteiger partial charge < -0.3 is 5.32 Å². The molecule has 0 heterocycles. The van der Waals surface area contributed by atoms with Gasteiger partial charge >= 0.3 is 0 Å². The summed E-state index contributed by atoms with van der Waals surface area (Å²) in [6.45, 7) is 4.95. The fourth-order valence-corrected chi connectivity index (χ4v) is 0.871. The van der Waals surface area contributed by atoms with Gasteiger partial charge in [0.2, 0.25) is 0 Å². The molecule has 0 saturated carbocycles. The van der Waals surface area contributed by atoms with Crippen molar-refractivity contribution in [1.29, 1.82) is 0 Å². The molecule has 0 aromatic rings. The first kappa shape index (κ1) is 9.98. The summed E-state index contributed by atoms with van der Waals surface area (Å²) in [5, 5.41) is 3.43. The van der Waals surface area contributed by atoms with Crippen molar-refractivity contribution >= 4 is 16.9 Å². The molecule has 60 valence electrons. The average Bonchev–Trinajstić information content (AvgIpc) is 1.87. The van der Waals surface area contributed by atoms with Crippen molar-refractivity contribution < 1.29 is 4.79 Å². The van der Waals surface area contributed by atoms with Crippen molar-refractivity contribution in [2.24, 2.45) is 0 Å². The number of nitrogens with one attached hydrogen (secondary N) is 1. The Bertz CT molecular complexity index is 104. The van der Waals surface area contributed by atoms with E-state index in [1.165, 1.54) is 11.8 Å². The molecule has 0 amide bonds. The van der Waals surface area contributed by atoms with E-state index in [4.69, 9.17) is 0 Å². The third-order valence-electron chi connectivity index (χ3n) is 1.11. The number of carbonyl (C=O) groups is 1. The van der Waals surface area contributed by atoms with E-state index < -0.39 is 0 Å². The van der Waals surface area contributed by atoms with Crippen molar-refractivity contribution in [3.63, 3.8) is 0 Å². The summed E-state index contributed by atoms with van der Waals surface area (Å²) in [5.74, 6) is 0. The Kier molecular flexibility index (Phi) is 5.73. The van der Waals surface area contributed by atoms with E-state index in [-0.39, 0.29) is 5.12 Å². The Morgan fingerprint density at radius 3 is 2.60 bits per heavy atom. The highest BCUT2D eigenvalue weighted by Gasteiger charge is 1.98. The minimum absolute atomic E-state index is 0.258. The maximum atomic E-state index is 10.7. The van der Waals surface area contributed by atoms with Crippen molar-refractivity contribution in [3.05, 3.63) is 0 Å². The van der Waals surface area contributed by atoms with E-state index in [2.05, 4.69) is 19.2 Å². The van der Waals surface area contributed by atoms with Crippen LogP contribution in [-0.4, -0.2) is 24.0 Å². The van der Waals surface area contributed by atoms with Crippen molar-refractivity contribution in [2.45, 2.75) is 26.3 Å². The highest BCUT2D eigenvalue weighted by molar-refractivity contribution is 8.13. The lowest BCUT2D eigenvalue weighted by Gasteiger charge is -2.05. The molecule has 0 saturated heterocycles. The van der Waals surface area contributed by atoms with Gasteiger partial charge in [0.05, 0.1) is 0 Å². The Morgan fingerprint density at radius 2 is 2.20 bits per heavy atom. The standard InChI is InChI=1S/C7H15NOS/c1-6(2)8-5-4-7(9)10-3/h6,8H,4-5H2,1-3H3. The predicted molar refractivity (Wildman–Crippen MR) is 46.3 cm³/mol. The summed E-state index contributed by atoms with van der Waals surface area (Å²) in [6.07, 6.45) is 2.46. The molecule has 0 bridgehead atoms. The maximum absolute atomic E-state index is 10.7. The van der Waals surface area contributed by atoms with Crippen LogP contribution in [0.25, 0.3) is 0 Å². The molecule has 3 heteroatoms. The number of carbonyl (C=O) groups excluding carboxylic acids is 1. The topological polar surface area (TPSA) is 29.1 Å². The van der Waals surface area contributed by atoms with Crippen LogP contribution in [0, 0.1) is 0 Å². The summed E-state index contributed by atoms with van der Waals surface area (Å²) in [5.41, 5.74) is 0. The molecule has 0 radical (unpaired) electrons. The van der Waals surface area contributed by atoms with Gasteiger partial charge in [-0.25, -0.2) is 0 Å². The van der Waals surface area contributed by atoms with Crippen LogP contribution in [0.15, 0.2) is 0 Å². The van der Waals surface area contributed by atoms with Gasteiger partial charge in [-0.3, -0.25) is 4.79 Å². The van der Waals surface area contributed by atoms with Crippen LogP contribution in [-0.2, 0) is 4.79 Å². The van der Waals surface area contributed by atoms with Gasteiger partial charge in [-0.1, -0.05) is 25.6 Å². The third kappa shape index (κ3) is 6.11. The van der Waals surface area contributed by atoms with E-state index in [1.807, 2.05) is 6.26 Å². The fourth-order valence-electron chi connectivity index (χ4n) is 0.565. The van der Waals surface area contributed by atoms with Crippen LogP contribution in [0.5, 0.6) is 0 Å². The monoisotopic (exact) mass is 161 g/mol. The molecule has 0 spiro atoms. The summed E-state index contributed by atoms with van der Waals surface area (Å²) in [7, 11) is 0. The molecule has 0 unspecified atom stereocenters. The molecule has 0 aromatic carbocycles. The molecule has 0 rings (SSSR count). The van der Waals surface area contributed by atoms with Crippen LogP contribution >= 0.6 is 11.8 Å². The Hall–Kier alpha value is -0.0200. The first-order chi connectivity index (χ1) is 4.66. The molecule has 0 atom stereocenters. The average molecular weight is 161 g/mol. The van der Waals surface area contributed by atoms with Gasteiger partial charge in [0, 0.05) is 19.0 Å². The highest BCUT2D eigenvalue weighted by Crippen LogP contribution is 1.97. The number of hydrogen-bond donors (Lipinski definition) is 1. The molecule has 0 fully saturated rings. The third-order valence-corrected chi connectivity index (χ3v) is 1.77. The zero-order valence-electron chi connectivity index (χ0n) is 6.81. The first-order valence-corrected chi connectivity index (χ1v) is 4.69. The predicted octanol–water partition coefficient (Wildman–Crippen LogP) is 1.26. The fraction of sp³-hybridized carbons (Fsp3) is 0.857. The van der Waals surface area contributed by atoms with E-state index in [9.17, 15) is 4.79 Å². The van der Waals surface area contributed by atoms with Gasteiger partial charge in [-0.2, -0.15) is 0 Å². The highest BCUT2D eigenvalue weighted by atomic mass is 32.2. The second-order valence-corrected chi connectivity index (χ2v) is 3.30. The quantitative estimate of drug-likeness (QED) is 0.673. The normalized spacial score (nSPS) is 10.4. The Morgan fingerprint density at radius 1 is 1.60 bits per heavy atom. The summed E-state index contributed by atoms with van der Waals surface area (Å²) >= 11 is 1.30. The van der Waals surface area contributed by atoms with Gasteiger partial charge in [-0.15, -0.1) is 0 Å². The van der Waals surface area contributed by atoms with Crippen molar-refractivity contribution in [1.82, 2.24) is 5.32 Å². The van der Waals surface area contributed by atoms with Gasteiger partial charge in [0.25, 0.3) is 0 Å². The SMILES string of the molecule is CSC(=O)CCNC(C)C. The zero-order chi connectivity index (χ0) is 7.98. The van der Waals surface area contributed by atoms with E-state index in [0.29, 0.717) is 12.5 Å². The molecular formula is C7H15NOS. The van der Waals surface area contributed by atoms with Crippen LogP contribution in [0.3, 0.4) is 0 Å². The molecule has 2 nitrogen and oxygen atoms in total. The smallest absolute Gasteiger partial charge is 0.189 e. The number of thioether (sulfide) groups is 1. The second-order valence-electron chi connectivity index (χ2n) is 2.43. The van der Waals surface area contributed by atoms with E-state index in [0.717, 1.165) is 6.54 Å². The second kappa shape index (κ2) is 5.74. The van der Waals surface area contributed by atoms with Gasteiger partial charge in [0.1, 0.15) is 0 Å². The lowest BCUT2D eigenvalue weighted by atomic mass is 10.3. The minimum Gasteiger partial charge on any atom is -0.314 e. The lowest BCUT2D eigenvalue weighted by molar-refractivity contribution is -0.110. The molecule has 0 aliphatic heterocycles. The molecular weight excluding hydrogens is 146 g/mol. The molecule has 0 aromatic heterocycles. The number of hydrogen-bond acceptors (Lipinski definition) is 3. The Labute approximate surface area is 66.8 Å². The summed E-state index contributed by atoms with van der Waals surface area (Å²) in [6, 6.07) is 0.481. The van der Waals surface area contributed by atoms with Crippen LogP contribution in [0.1, 0.15) is 20.3 Å². The zero-order valence-corrected chi connectivity index (χ0v) is 7.62. The molecule has 0 aliphatic carbocycles. The van der Waals surface area contributed by atoms with E-state index in [1.54, 1.807) is 0 Å². The lowest BCUT2D eigenvalue weighted by Crippen LogP contribution is -2.24. The van der Waals surface area contributed by atoms with Crippen LogP contribution in [0.2, 0.25) is 0 Å². The summed E-state index contributed by atoms with van der Waals surface area (Å²) < 4.78 is 0. The number of rotatable bonds is 4. The summed E-state index contributed by atoms with van der Waals surface area (Å²) in [4.78, 5) is 10.7. The first-order valence-electron chi connectivity index (χ1n) is 3.47. The molecule has 1 N–H and O–H groups in total. The van der Waals surface area contributed by atoms with Crippen LogP contribution in [0.4, 0.5) is 0 Å². The Balaban J connectivity index is 3.12. The van der Waals surface area contributed by atoms with Crippen molar-refractivity contribution in [2.75, 3.05) is 12.8 Å². The van der Waals surface area contributed by atoms with Crippen LogP contribution < -0.4 is 5.32 Å². The molecule has 10 heavy (non-hydrogen) atoms. The minimum atomic E-state index is 0.258. The molecule has 0 aliphatic rings. The largest absolute Gasteiger partial charge is 0.314 e.